The SMILES string of the molecule is CN=C(NCCCCC(=O)OC)NC1CCN(c2c(F)cccc2F)C1.I. The maximum Gasteiger partial charge on any atom is 0.305 e. The number of unbranched alkanes of at least 4 members (excludes halogenated alkanes) is 1. The number of hydrogen-bond donors (Lipinski definition) is 2. The van der Waals surface area contributed by atoms with Crippen LogP contribution >= 0.6 is 24.0 Å². The highest BCUT2D eigenvalue weighted by Gasteiger charge is 2.27. The van der Waals surface area contributed by atoms with Gasteiger partial charge in [0.2, 0.25) is 0 Å². The second-order valence-electron chi connectivity index (χ2n) is 6.18. The summed E-state index contributed by atoms with van der Waals surface area (Å²) in [4.78, 5) is 16.9. The Bertz CT molecular complexity index is 626. The van der Waals surface area contributed by atoms with Crippen LogP contribution in [0.1, 0.15) is 25.7 Å². The normalized spacial score (nSPS) is 16.7. The number of anilines is 1. The summed E-state index contributed by atoms with van der Waals surface area (Å²) in [7, 11) is 3.05. The number of carbonyl (C=O) groups excluding carboxylic acids is 1. The Kier molecular flexibility index (Phi) is 10.3. The minimum atomic E-state index is -0.543. The van der Waals surface area contributed by atoms with E-state index in [4.69, 9.17) is 0 Å². The molecule has 1 heterocycles. The van der Waals surface area contributed by atoms with Crippen LogP contribution in [0.4, 0.5) is 14.5 Å². The highest BCUT2D eigenvalue weighted by Crippen LogP contribution is 2.26. The van der Waals surface area contributed by atoms with Gasteiger partial charge in [-0.2, -0.15) is 0 Å². The number of esters is 1. The summed E-state index contributed by atoms with van der Waals surface area (Å²) >= 11 is 0. The molecular weight excluding hydrogens is 469 g/mol. The third kappa shape index (κ3) is 7.11. The smallest absolute Gasteiger partial charge is 0.305 e. The largest absolute Gasteiger partial charge is 0.469 e. The van der Waals surface area contributed by atoms with E-state index >= 15 is 0 Å². The standard InChI is InChI=1S/C18H26F2N4O2.HI/c1-21-18(22-10-4-3-8-16(25)26-2)23-13-9-11-24(12-13)17-14(19)6-5-7-15(17)20;/h5-7,13H,3-4,8-12H2,1-2H3,(H2,21,22,23);1H. The van der Waals surface area contributed by atoms with Crippen molar-refractivity contribution in [2.75, 3.05) is 38.7 Å². The quantitative estimate of drug-likeness (QED) is 0.200. The molecule has 1 saturated heterocycles. The molecule has 0 aromatic heterocycles. The molecule has 1 fully saturated rings. The molecule has 9 heteroatoms. The van der Waals surface area contributed by atoms with Crippen molar-refractivity contribution in [3.8, 4) is 0 Å². The van der Waals surface area contributed by atoms with Crippen molar-refractivity contribution in [3.05, 3.63) is 29.8 Å². The number of halogens is 3. The first-order valence-corrected chi connectivity index (χ1v) is 8.78. The molecule has 1 atom stereocenters. The zero-order valence-corrected chi connectivity index (χ0v) is 18.0. The molecule has 1 aromatic rings. The lowest BCUT2D eigenvalue weighted by Crippen LogP contribution is -2.45. The summed E-state index contributed by atoms with van der Waals surface area (Å²) in [5, 5.41) is 6.46. The van der Waals surface area contributed by atoms with Gasteiger partial charge in [0.25, 0.3) is 0 Å². The van der Waals surface area contributed by atoms with E-state index in [2.05, 4.69) is 20.4 Å². The molecule has 0 saturated carbocycles. The van der Waals surface area contributed by atoms with Crippen LogP contribution in [-0.4, -0.2) is 51.8 Å². The van der Waals surface area contributed by atoms with E-state index in [0.717, 1.165) is 19.3 Å². The van der Waals surface area contributed by atoms with Crippen molar-refractivity contribution in [3.63, 3.8) is 0 Å². The van der Waals surface area contributed by atoms with Gasteiger partial charge in [-0.05, 0) is 31.4 Å². The molecule has 2 rings (SSSR count). The lowest BCUT2D eigenvalue weighted by Gasteiger charge is -2.21. The number of ether oxygens (including phenoxy) is 1. The molecular formula is C18H27F2IN4O2. The van der Waals surface area contributed by atoms with Crippen LogP contribution in [0.3, 0.4) is 0 Å². The topological polar surface area (TPSA) is 66.0 Å². The van der Waals surface area contributed by atoms with Crippen molar-refractivity contribution in [2.24, 2.45) is 4.99 Å². The predicted octanol–water partition coefficient (Wildman–Crippen LogP) is 2.67. The van der Waals surface area contributed by atoms with Crippen LogP contribution in [0.5, 0.6) is 0 Å². The molecule has 1 aliphatic rings. The summed E-state index contributed by atoms with van der Waals surface area (Å²) in [6.45, 7) is 1.75. The van der Waals surface area contributed by atoms with Gasteiger partial charge in [0, 0.05) is 39.1 Å². The zero-order valence-electron chi connectivity index (χ0n) is 15.6. The number of benzene rings is 1. The lowest BCUT2D eigenvalue weighted by molar-refractivity contribution is -0.140. The zero-order chi connectivity index (χ0) is 18.9. The fourth-order valence-electron chi connectivity index (χ4n) is 2.96. The number of nitrogens with one attached hydrogen (secondary N) is 2. The van der Waals surface area contributed by atoms with E-state index in [9.17, 15) is 13.6 Å². The van der Waals surface area contributed by atoms with E-state index < -0.39 is 11.6 Å². The number of aliphatic imine (C=N–C) groups is 1. The Labute approximate surface area is 175 Å². The molecule has 1 aromatic carbocycles. The summed E-state index contributed by atoms with van der Waals surface area (Å²) < 4.78 is 32.4. The predicted molar refractivity (Wildman–Crippen MR) is 113 cm³/mol. The highest BCUT2D eigenvalue weighted by molar-refractivity contribution is 14.0. The molecule has 2 N–H and O–H groups in total. The fraction of sp³-hybridized carbons (Fsp3) is 0.556. The van der Waals surface area contributed by atoms with Crippen LogP contribution < -0.4 is 15.5 Å². The minimum Gasteiger partial charge on any atom is -0.469 e. The first kappa shape index (κ1) is 23.4. The molecule has 0 bridgehead atoms. The number of para-hydroxylation sites is 1. The van der Waals surface area contributed by atoms with Crippen LogP contribution in [-0.2, 0) is 9.53 Å². The van der Waals surface area contributed by atoms with Gasteiger partial charge in [-0.1, -0.05) is 6.07 Å². The van der Waals surface area contributed by atoms with Crippen molar-refractivity contribution in [2.45, 2.75) is 31.7 Å². The van der Waals surface area contributed by atoms with E-state index in [1.54, 1.807) is 11.9 Å². The summed E-state index contributed by atoms with van der Waals surface area (Å²) in [5.74, 6) is -0.652. The Morgan fingerprint density at radius 2 is 2.04 bits per heavy atom. The van der Waals surface area contributed by atoms with Crippen molar-refractivity contribution in [1.29, 1.82) is 0 Å². The van der Waals surface area contributed by atoms with Gasteiger partial charge < -0.3 is 20.3 Å². The average molecular weight is 496 g/mol. The summed E-state index contributed by atoms with van der Waals surface area (Å²) in [5.41, 5.74) is 0.0301. The monoisotopic (exact) mass is 496 g/mol. The Morgan fingerprint density at radius 3 is 2.67 bits per heavy atom. The van der Waals surface area contributed by atoms with E-state index in [1.165, 1.54) is 25.3 Å². The molecule has 152 valence electrons. The van der Waals surface area contributed by atoms with Gasteiger partial charge in [-0.25, -0.2) is 8.78 Å². The Balaban J connectivity index is 0.00000364. The van der Waals surface area contributed by atoms with Gasteiger partial charge in [0.1, 0.15) is 17.3 Å². The average Bonchev–Trinajstić information content (AvgIpc) is 3.08. The summed E-state index contributed by atoms with van der Waals surface area (Å²) in [6, 6.07) is 3.96. The number of rotatable bonds is 7. The van der Waals surface area contributed by atoms with Crippen LogP contribution in [0.2, 0.25) is 0 Å². The first-order chi connectivity index (χ1) is 12.5. The van der Waals surface area contributed by atoms with Crippen LogP contribution in [0.25, 0.3) is 0 Å². The maximum absolute atomic E-state index is 13.9. The van der Waals surface area contributed by atoms with Crippen molar-refractivity contribution < 1.29 is 18.3 Å². The van der Waals surface area contributed by atoms with E-state index in [1.807, 2.05) is 0 Å². The van der Waals surface area contributed by atoms with Gasteiger partial charge in [0.15, 0.2) is 5.96 Å². The fourth-order valence-corrected chi connectivity index (χ4v) is 2.96. The molecule has 6 nitrogen and oxygen atoms in total. The third-order valence-electron chi connectivity index (χ3n) is 4.33. The summed E-state index contributed by atoms with van der Waals surface area (Å²) in [6.07, 6.45) is 2.71. The Hall–Kier alpha value is -1.65. The number of carbonyl (C=O) groups is 1. The molecule has 0 spiro atoms. The number of nitrogens with zero attached hydrogens (tertiary/aromatic N) is 2. The number of hydrogen-bond acceptors (Lipinski definition) is 4. The van der Waals surface area contributed by atoms with Crippen LogP contribution in [0.15, 0.2) is 23.2 Å². The molecule has 0 aliphatic carbocycles. The van der Waals surface area contributed by atoms with E-state index in [-0.39, 0.29) is 41.7 Å². The Morgan fingerprint density at radius 1 is 1.33 bits per heavy atom. The van der Waals surface area contributed by atoms with E-state index in [0.29, 0.717) is 32.0 Å². The molecule has 1 unspecified atom stereocenters. The molecule has 0 radical (unpaired) electrons. The van der Waals surface area contributed by atoms with Gasteiger partial charge in [-0.3, -0.25) is 9.79 Å². The van der Waals surface area contributed by atoms with Gasteiger partial charge >= 0.3 is 5.97 Å². The van der Waals surface area contributed by atoms with Crippen LogP contribution in [0, 0.1) is 11.6 Å². The van der Waals surface area contributed by atoms with Crippen molar-refractivity contribution in [1.82, 2.24) is 10.6 Å². The maximum atomic E-state index is 13.9. The molecule has 1 aliphatic heterocycles. The third-order valence-corrected chi connectivity index (χ3v) is 4.33. The minimum absolute atomic E-state index is 0. The number of guanidine groups is 1. The highest BCUT2D eigenvalue weighted by atomic mass is 127. The molecule has 27 heavy (non-hydrogen) atoms. The second kappa shape index (κ2) is 11.9. The molecule has 0 amide bonds. The second-order valence-corrected chi connectivity index (χ2v) is 6.18. The van der Waals surface area contributed by atoms with Crippen molar-refractivity contribution >= 4 is 41.6 Å². The van der Waals surface area contributed by atoms with Gasteiger partial charge in [0.05, 0.1) is 7.11 Å². The lowest BCUT2D eigenvalue weighted by atomic mass is 10.2. The van der Waals surface area contributed by atoms with Gasteiger partial charge in [-0.15, -0.1) is 24.0 Å². The first-order valence-electron chi connectivity index (χ1n) is 8.78. The number of methoxy groups -OCH3 is 1.